The van der Waals surface area contributed by atoms with Crippen LogP contribution in [0.25, 0.3) is 16.7 Å². The van der Waals surface area contributed by atoms with Gasteiger partial charge in [0.25, 0.3) is 0 Å². The van der Waals surface area contributed by atoms with Crippen molar-refractivity contribution in [3.8, 4) is 5.69 Å². The number of carbonyl (C=O) groups is 1. The number of carboxylic acids is 1. The number of aromatic nitrogens is 2. The average Bonchev–Trinajstić information content (AvgIpc) is 2.84. The Morgan fingerprint density at radius 2 is 2.00 bits per heavy atom. The van der Waals surface area contributed by atoms with Crippen molar-refractivity contribution in [3.63, 3.8) is 0 Å². The smallest absolute Gasteiger partial charge is 0.311 e. The van der Waals surface area contributed by atoms with Gasteiger partial charge in [-0.2, -0.15) is 0 Å². The zero-order valence-corrected chi connectivity index (χ0v) is 13.7. The summed E-state index contributed by atoms with van der Waals surface area (Å²) in [5.74, 6) is -1.37. The highest BCUT2D eigenvalue weighted by Gasteiger charge is 2.19. The van der Waals surface area contributed by atoms with Crippen LogP contribution < -0.4 is 0 Å². The molecule has 23 heavy (non-hydrogen) atoms. The molecule has 118 valence electrons. The van der Waals surface area contributed by atoms with Gasteiger partial charge in [-0.15, -0.1) is 0 Å². The maximum atomic E-state index is 11.4. The van der Waals surface area contributed by atoms with Crippen molar-refractivity contribution in [2.45, 2.75) is 26.2 Å². The van der Waals surface area contributed by atoms with Crippen LogP contribution in [-0.2, 0) is 4.79 Å². The Hall–Kier alpha value is -2.33. The first-order valence-corrected chi connectivity index (χ1v) is 7.85. The lowest BCUT2D eigenvalue weighted by atomic mass is 9.98. The predicted molar refractivity (Wildman–Crippen MR) is 91.5 cm³/mol. The highest BCUT2D eigenvalue weighted by atomic mass is 35.5. The van der Waals surface area contributed by atoms with Gasteiger partial charge >= 0.3 is 5.97 Å². The van der Waals surface area contributed by atoms with Gasteiger partial charge in [0.05, 0.1) is 17.0 Å². The molecule has 0 radical (unpaired) electrons. The van der Waals surface area contributed by atoms with Crippen LogP contribution in [0.4, 0.5) is 0 Å². The highest BCUT2D eigenvalue weighted by molar-refractivity contribution is 6.30. The Labute approximate surface area is 139 Å². The third-order valence-corrected chi connectivity index (χ3v) is 4.30. The maximum Gasteiger partial charge on any atom is 0.311 e. The molecule has 1 unspecified atom stereocenters. The van der Waals surface area contributed by atoms with Crippen molar-refractivity contribution < 1.29 is 9.90 Å². The molecule has 0 fully saturated rings. The molecule has 0 aliphatic rings. The third kappa shape index (κ3) is 2.82. The van der Waals surface area contributed by atoms with Crippen LogP contribution in [0.3, 0.4) is 0 Å². The van der Waals surface area contributed by atoms with Crippen molar-refractivity contribution in [3.05, 3.63) is 58.9 Å². The fourth-order valence-electron chi connectivity index (χ4n) is 2.90. The summed E-state index contributed by atoms with van der Waals surface area (Å²) in [4.78, 5) is 15.9. The summed E-state index contributed by atoms with van der Waals surface area (Å²) in [6.07, 6.45) is 2.19. The predicted octanol–water partition coefficient (Wildman–Crippen LogP) is 4.57. The molecule has 1 N–H and O–H groups in total. The number of fused-ring (bicyclic) bond motifs is 1. The molecule has 0 saturated carbocycles. The molecule has 2 aromatic heterocycles. The van der Waals surface area contributed by atoms with Crippen molar-refractivity contribution in [1.29, 1.82) is 0 Å². The van der Waals surface area contributed by atoms with Crippen molar-refractivity contribution in [1.82, 2.24) is 9.55 Å². The second-order valence-electron chi connectivity index (χ2n) is 5.57. The first kappa shape index (κ1) is 15.6. The standard InChI is InChI=1S/C18H17ClN2O2/c1-3-15(18(22)23)12-9-17-16(20-10-12)8-11(2)21(17)14-6-4-13(19)5-7-14/h4-10,15H,3H2,1-2H3,(H,22,23). The minimum atomic E-state index is -0.824. The van der Waals surface area contributed by atoms with Crippen molar-refractivity contribution >= 4 is 28.6 Å². The van der Waals surface area contributed by atoms with Crippen LogP contribution in [0.1, 0.15) is 30.5 Å². The normalized spacial score (nSPS) is 12.5. The largest absolute Gasteiger partial charge is 0.481 e. The quantitative estimate of drug-likeness (QED) is 0.763. The second-order valence-corrected chi connectivity index (χ2v) is 6.01. The topological polar surface area (TPSA) is 55.1 Å². The second kappa shape index (κ2) is 6.05. The fraction of sp³-hybridized carbons (Fsp3) is 0.222. The number of nitrogens with zero attached hydrogens (tertiary/aromatic N) is 2. The molecule has 5 heteroatoms. The van der Waals surface area contributed by atoms with Crippen LogP contribution >= 0.6 is 11.6 Å². The van der Waals surface area contributed by atoms with Crippen LogP contribution in [-0.4, -0.2) is 20.6 Å². The number of halogens is 1. The molecule has 1 atom stereocenters. The van der Waals surface area contributed by atoms with Crippen LogP contribution in [0.2, 0.25) is 5.02 Å². The summed E-state index contributed by atoms with van der Waals surface area (Å²) >= 11 is 5.96. The number of hydrogen-bond acceptors (Lipinski definition) is 2. The molecular weight excluding hydrogens is 312 g/mol. The molecule has 0 spiro atoms. The van der Waals surface area contributed by atoms with E-state index in [-0.39, 0.29) is 0 Å². The molecule has 0 bridgehead atoms. The number of hydrogen-bond donors (Lipinski definition) is 1. The molecule has 4 nitrogen and oxygen atoms in total. The van der Waals surface area contributed by atoms with E-state index in [9.17, 15) is 9.90 Å². The zero-order valence-electron chi connectivity index (χ0n) is 13.0. The Balaban J connectivity index is 2.20. The third-order valence-electron chi connectivity index (χ3n) is 4.05. The van der Waals surface area contributed by atoms with E-state index >= 15 is 0 Å². The van der Waals surface area contributed by atoms with E-state index in [1.807, 2.05) is 50.2 Å². The minimum absolute atomic E-state index is 0.531. The van der Waals surface area contributed by atoms with E-state index in [4.69, 9.17) is 11.6 Å². The molecule has 0 aliphatic heterocycles. The number of rotatable bonds is 4. The van der Waals surface area contributed by atoms with E-state index in [1.165, 1.54) is 0 Å². The van der Waals surface area contributed by atoms with Crippen LogP contribution in [0.15, 0.2) is 42.6 Å². The lowest BCUT2D eigenvalue weighted by molar-refractivity contribution is -0.138. The van der Waals surface area contributed by atoms with Gasteiger partial charge < -0.3 is 9.67 Å². The van der Waals surface area contributed by atoms with E-state index in [0.29, 0.717) is 11.4 Å². The number of aryl methyl sites for hydroxylation is 1. The van der Waals surface area contributed by atoms with Gasteiger partial charge in [-0.1, -0.05) is 18.5 Å². The van der Waals surface area contributed by atoms with Crippen LogP contribution in [0, 0.1) is 6.92 Å². The first-order chi connectivity index (χ1) is 11.0. The lowest BCUT2D eigenvalue weighted by Crippen LogP contribution is -2.11. The van der Waals surface area contributed by atoms with Gasteiger partial charge in [0, 0.05) is 22.6 Å². The van der Waals surface area contributed by atoms with Crippen LogP contribution in [0.5, 0.6) is 0 Å². The number of benzene rings is 1. The lowest BCUT2D eigenvalue weighted by Gasteiger charge is -2.12. The Kier molecular flexibility index (Phi) is 4.09. The Morgan fingerprint density at radius 1 is 1.30 bits per heavy atom. The number of aliphatic carboxylic acids is 1. The molecule has 0 aliphatic carbocycles. The summed E-state index contributed by atoms with van der Waals surface area (Å²) in [5, 5.41) is 10.1. The molecule has 0 saturated heterocycles. The highest BCUT2D eigenvalue weighted by Crippen LogP contribution is 2.28. The average molecular weight is 329 g/mol. The van der Waals surface area contributed by atoms with E-state index in [0.717, 1.165) is 28.0 Å². The van der Waals surface area contributed by atoms with Gasteiger partial charge in [0.2, 0.25) is 0 Å². The Bertz CT molecular complexity index is 869. The molecular formula is C18H17ClN2O2. The van der Waals surface area contributed by atoms with Gasteiger partial charge in [0.1, 0.15) is 0 Å². The van der Waals surface area contributed by atoms with Crippen molar-refractivity contribution in [2.75, 3.05) is 0 Å². The van der Waals surface area contributed by atoms with Gasteiger partial charge in [-0.3, -0.25) is 9.78 Å². The SMILES string of the molecule is CCC(C(=O)O)c1cnc2cc(C)n(-c3ccc(Cl)cc3)c2c1. The molecule has 3 aromatic rings. The maximum absolute atomic E-state index is 11.4. The molecule has 1 aromatic carbocycles. The molecule has 2 heterocycles. The monoisotopic (exact) mass is 328 g/mol. The van der Waals surface area contributed by atoms with Crippen molar-refractivity contribution in [2.24, 2.45) is 0 Å². The summed E-state index contributed by atoms with van der Waals surface area (Å²) in [6.45, 7) is 3.87. The zero-order chi connectivity index (χ0) is 16.6. The van der Waals surface area contributed by atoms with E-state index in [2.05, 4.69) is 9.55 Å². The summed E-state index contributed by atoms with van der Waals surface area (Å²) in [7, 11) is 0. The number of carboxylic acid groups (broad SMARTS) is 1. The minimum Gasteiger partial charge on any atom is -0.481 e. The van der Waals surface area contributed by atoms with Gasteiger partial charge in [0.15, 0.2) is 0 Å². The fourth-order valence-corrected chi connectivity index (χ4v) is 3.02. The number of pyridine rings is 1. The molecule has 0 amide bonds. The summed E-state index contributed by atoms with van der Waals surface area (Å²) < 4.78 is 2.07. The summed E-state index contributed by atoms with van der Waals surface area (Å²) in [6, 6.07) is 11.5. The van der Waals surface area contributed by atoms with Gasteiger partial charge in [-0.05, 0) is 55.3 Å². The van der Waals surface area contributed by atoms with E-state index < -0.39 is 11.9 Å². The molecule has 3 rings (SSSR count). The first-order valence-electron chi connectivity index (χ1n) is 7.48. The van der Waals surface area contributed by atoms with Gasteiger partial charge in [-0.25, -0.2) is 0 Å². The summed E-state index contributed by atoms with van der Waals surface area (Å²) in [5.41, 5.74) is 4.49. The Morgan fingerprint density at radius 3 is 2.61 bits per heavy atom. The van der Waals surface area contributed by atoms with E-state index in [1.54, 1.807) is 6.20 Å².